The molecule has 104 valence electrons. The van der Waals surface area contributed by atoms with Crippen LogP contribution in [0.3, 0.4) is 0 Å². The van der Waals surface area contributed by atoms with Crippen LogP contribution < -0.4 is 10.1 Å². The summed E-state index contributed by atoms with van der Waals surface area (Å²) in [5.74, 6) is 0.963. The maximum Gasteiger partial charge on any atom is 0.125 e. The van der Waals surface area contributed by atoms with Gasteiger partial charge in [0.2, 0.25) is 0 Å². The monoisotopic (exact) mass is 269 g/mol. The highest BCUT2D eigenvalue weighted by Crippen LogP contribution is 2.42. The Hall–Kier alpha value is -1.94. The average molecular weight is 269 g/mol. The van der Waals surface area contributed by atoms with Crippen molar-refractivity contribution in [2.75, 3.05) is 0 Å². The first-order valence-electron chi connectivity index (χ1n) is 6.85. The number of ether oxygens (including phenoxy) is 1. The third-order valence-electron chi connectivity index (χ3n) is 3.62. The van der Waals surface area contributed by atoms with Crippen LogP contribution in [-0.4, -0.2) is 15.6 Å². The van der Waals surface area contributed by atoms with E-state index in [0.717, 1.165) is 17.1 Å². The van der Waals surface area contributed by atoms with Crippen molar-refractivity contribution in [3.63, 3.8) is 0 Å². The van der Waals surface area contributed by atoms with Crippen molar-refractivity contribution < 1.29 is 4.74 Å². The standard InChI is InChI=1S/C16H19N3O/c1-11-8-18-12(9-17-11)10-19-15-13-6-4-5-7-14(13)20-16(15,2)3/h4-9,15,19H,10H2,1-3H3. The molecular weight excluding hydrogens is 250 g/mol. The minimum absolute atomic E-state index is 0.154. The Balaban J connectivity index is 1.78. The molecule has 0 radical (unpaired) electrons. The summed E-state index contributed by atoms with van der Waals surface area (Å²) in [5, 5.41) is 3.54. The second kappa shape index (κ2) is 4.87. The molecule has 0 spiro atoms. The molecule has 1 N–H and O–H groups in total. The lowest BCUT2D eigenvalue weighted by atomic mass is 9.94. The number of benzene rings is 1. The number of hydrogen-bond acceptors (Lipinski definition) is 4. The minimum Gasteiger partial charge on any atom is -0.486 e. The van der Waals surface area contributed by atoms with Crippen LogP contribution in [0.2, 0.25) is 0 Å². The predicted octanol–water partition coefficient (Wildman–Crippen LogP) is 2.79. The number of aromatic nitrogens is 2. The second-order valence-corrected chi connectivity index (χ2v) is 5.71. The van der Waals surface area contributed by atoms with Crippen LogP contribution in [0.25, 0.3) is 0 Å². The summed E-state index contributed by atoms with van der Waals surface area (Å²) >= 11 is 0. The van der Waals surface area contributed by atoms with E-state index in [0.29, 0.717) is 6.54 Å². The lowest BCUT2D eigenvalue weighted by molar-refractivity contribution is 0.0956. The fourth-order valence-corrected chi connectivity index (χ4v) is 2.60. The van der Waals surface area contributed by atoms with Gasteiger partial charge >= 0.3 is 0 Å². The van der Waals surface area contributed by atoms with Gasteiger partial charge in [-0.15, -0.1) is 0 Å². The van der Waals surface area contributed by atoms with Crippen molar-refractivity contribution in [2.45, 2.75) is 39.0 Å². The van der Waals surface area contributed by atoms with E-state index in [1.807, 2.05) is 31.3 Å². The molecule has 1 aliphatic heterocycles. The molecule has 2 heterocycles. The maximum absolute atomic E-state index is 6.02. The van der Waals surface area contributed by atoms with E-state index in [-0.39, 0.29) is 11.6 Å². The second-order valence-electron chi connectivity index (χ2n) is 5.71. The van der Waals surface area contributed by atoms with Gasteiger partial charge in [-0.2, -0.15) is 0 Å². The van der Waals surface area contributed by atoms with Gasteiger partial charge in [-0.3, -0.25) is 9.97 Å². The Bertz CT molecular complexity index is 607. The van der Waals surface area contributed by atoms with Crippen molar-refractivity contribution >= 4 is 0 Å². The summed E-state index contributed by atoms with van der Waals surface area (Å²) < 4.78 is 6.02. The van der Waals surface area contributed by atoms with Crippen LogP contribution in [0.5, 0.6) is 5.75 Å². The lowest BCUT2D eigenvalue weighted by Crippen LogP contribution is -2.39. The van der Waals surface area contributed by atoms with Crippen molar-refractivity contribution in [2.24, 2.45) is 0 Å². The molecular formula is C16H19N3O. The maximum atomic E-state index is 6.02. The normalized spacial score (nSPS) is 19.4. The van der Waals surface area contributed by atoms with E-state index in [4.69, 9.17) is 4.74 Å². The zero-order valence-electron chi connectivity index (χ0n) is 12.1. The quantitative estimate of drug-likeness (QED) is 0.930. The number of nitrogens with one attached hydrogen (secondary N) is 1. The Kier molecular flexibility index (Phi) is 3.18. The van der Waals surface area contributed by atoms with Crippen LogP contribution in [-0.2, 0) is 6.54 Å². The van der Waals surface area contributed by atoms with Crippen molar-refractivity contribution in [3.8, 4) is 5.75 Å². The summed E-state index contributed by atoms with van der Waals surface area (Å²) in [6.07, 6.45) is 3.61. The molecule has 1 aromatic heterocycles. The highest BCUT2D eigenvalue weighted by atomic mass is 16.5. The number of fused-ring (bicyclic) bond motifs is 1. The Morgan fingerprint density at radius 2 is 2.00 bits per heavy atom. The molecule has 2 aromatic rings. The SMILES string of the molecule is Cc1cnc(CNC2c3ccccc3OC2(C)C)cn1. The van der Waals surface area contributed by atoms with E-state index in [1.54, 1.807) is 6.20 Å². The topological polar surface area (TPSA) is 47.0 Å². The van der Waals surface area contributed by atoms with Gasteiger partial charge in [0.15, 0.2) is 0 Å². The van der Waals surface area contributed by atoms with Crippen LogP contribution in [0.15, 0.2) is 36.7 Å². The van der Waals surface area contributed by atoms with Crippen LogP contribution in [0.1, 0.15) is 36.8 Å². The third kappa shape index (κ3) is 2.39. The van der Waals surface area contributed by atoms with E-state index < -0.39 is 0 Å². The summed E-state index contributed by atoms with van der Waals surface area (Å²) in [6, 6.07) is 8.33. The fraction of sp³-hybridized carbons (Fsp3) is 0.375. The molecule has 0 bridgehead atoms. The van der Waals surface area contributed by atoms with Gasteiger partial charge in [0.25, 0.3) is 0 Å². The molecule has 0 saturated carbocycles. The highest BCUT2D eigenvalue weighted by Gasteiger charge is 2.40. The molecule has 4 heteroatoms. The zero-order chi connectivity index (χ0) is 14.2. The molecule has 0 amide bonds. The van der Waals surface area contributed by atoms with Crippen LogP contribution in [0, 0.1) is 6.92 Å². The number of aryl methyl sites for hydroxylation is 1. The molecule has 3 rings (SSSR count). The van der Waals surface area contributed by atoms with Gasteiger partial charge in [0, 0.05) is 24.5 Å². The smallest absolute Gasteiger partial charge is 0.125 e. The Morgan fingerprint density at radius 3 is 2.75 bits per heavy atom. The first kappa shape index (κ1) is 13.1. The molecule has 4 nitrogen and oxygen atoms in total. The number of rotatable bonds is 3. The minimum atomic E-state index is -0.262. The number of hydrogen-bond donors (Lipinski definition) is 1. The Morgan fingerprint density at radius 1 is 1.20 bits per heavy atom. The van der Waals surface area contributed by atoms with E-state index in [9.17, 15) is 0 Å². The molecule has 1 unspecified atom stereocenters. The van der Waals surface area contributed by atoms with Gasteiger partial charge in [0.1, 0.15) is 11.4 Å². The third-order valence-corrected chi connectivity index (χ3v) is 3.62. The molecule has 0 aliphatic carbocycles. The highest BCUT2D eigenvalue weighted by molar-refractivity contribution is 5.42. The Labute approximate surface area is 119 Å². The summed E-state index contributed by atoms with van der Waals surface area (Å²) in [4.78, 5) is 8.65. The predicted molar refractivity (Wildman–Crippen MR) is 77.5 cm³/mol. The molecule has 1 atom stereocenters. The van der Waals surface area contributed by atoms with Crippen molar-refractivity contribution in [1.82, 2.24) is 15.3 Å². The van der Waals surface area contributed by atoms with Crippen molar-refractivity contribution in [3.05, 3.63) is 53.6 Å². The lowest BCUT2D eigenvalue weighted by Gasteiger charge is -2.27. The zero-order valence-corrected chi connectivity index (χ0v) is 12.1. The van der Waals surface area contributed by atoms with E-state index in [1.165, 1.54) is 5.56 Å². The average Bonchev–Trinajstić information content (AvgIpc) is 2.68. The van der Waals surface area contributed by atoms with Gasteiger partial charge in [-0.05, 0) is 26.8 Å². The summed E-state index contributed by atoms with van der Waals surface area (Å²) in [6.45, 7) is 6.82. The fourth-order valence-electron chi connectivity index (χ4n) is 2.60. The van der Waals surface area contributed by atoms with E-state index >= 15 is 0 Å². The summed E-state index contributed by atoms with van der Waals surface area (Å²) in [7, 11) is 0. The van der Waals surface area contributed by atoms with Crippen LogP contribution >= 0.6 is 0 Å². The molecule has 1 aliphatic rings. The molecule has 0 fully saturated rings. The summed E-state index contributed by atoms with van der Waals surface area (Å²) in [5.41, 5.74) is 2.82. The van der Waals surface area contributed by atoms with Gasteiger partial charge in [-0.1, -0.05) is 18.2 Å². The first-order chi connectivity index (χ1) is 9.56. The largest absolute Gasteiger partial charge is 0.486 e. The van der Waals surface area contributed by atoms with Crippen LogP contribution in [0.4, 0.5) is 0 Å². The molecule has 20 heavy (non-hydrogen) atoms. The van der Waals surface area contributed by atoms with Crippen molar-refractivity contribution in [1.29, 1.82) is 0 Å². The van der Waals surface area contributed by atoms with Gasteiger partial charge in [-0.25, -0.2) is 0 Å². The number of para-hydroxylation sites is 1. The number of nitrogens with zero attached hydrogens (tertiary/aromatic N) is 2. The first-order valence-corrected chi connectivity index (χ1v) is 6.85. The van der Waals surface area contributed by atoms with Gasteiger partial charge in [0.05, 0.1) is 17.4 Å². The van der Waals surface area contributed by atoms with Gasteiger partial charge < -0.3 is 10.1 Å². The molecule has 0 saturated heterocycles. The molecule has 1 aromatic carbocycles. The van der Waals surface area contributed by atoms with E-state index in [2.05, 4.69) is 35.2 Å².